The molecule has 406 valence electrons. The number of fused-ring (bicyclic) bond motifs is 2. The average molecular weight is 1120 g/mol. The van der Waals surface area contributed by atoms with Crippen LogP contribution in [-0.2, 0) is 18.8 Å². The van der Waals surface area contributed by atoms with E-state index in [4.69, 9.17) is 18.8 Å². The molecule has 0 bridgehead atoms. The van der Waals surface area contributed by atoms with Crippen LogP contribution in [-0.4, -0.2) is 94.7 Å². The first-order valence-corrected chi connectivity index (χ1v) is 27.5. The molecule has 2 aromatic heterocycles. The number of nitrogens with zero attached hydrogens (tertiary/aromatic N) is 4. The first kappa shape index (κ1) is 55.6. The van der Waals surface area contributed by atoms with E-state index in [1.54, 1.807) is 40.3 Å². The molecule has 8 aromatic rings. The number of phenolic OH excluding ortho intramolecular Hbond substituents is 2. The summed E-state index contributed by atoms with van der Waals surface area (Å²) in [6.45, 7) is 20.9. The highest BCUT2D eigenvalue weighted by Gasteiger charge is 2.52. The predicted molar refractivity (Wildman–Crippen MR) is 312 cm³/mol. The standard InChI is InChI=1S/C28H29N3O3.C22H23BO3.C12H18BrN3O2/c1-28(2,3)34-27(33)31-16-6-9-25(31)26-29-17-24(30-26)23-15-14-20(18-10-12-19(32)13-11-18)21-7-4-5-8-22(21)23;1-21(2)22(3,4)26-23(25-21)20-14-13-17(15-9-11-16(24)12-10-15)18-7-5-6-8-19(18)20;1-12(2,3)18-11(17)16-6-4-5-8(16)10-14-7-9(13)15-10/h4-5,7-8,10-15,17,25,32H,6,9,16H2,1-3H3,(H,29,30);5-14,24H,1-4H3;7-8H,4-6H2,1-3H3,(H,14,15)/t25-;;8-/m0.0/s1. The number of carbonyl (C=O) groups is 2. The van der Waals surface area contributed by atoms with Gasteiger partial charge in [0.15, 0.2) is 0 Å². The van der Waals surface area contributed by atoms with Crippen LogP contribution in [0.25, 0.3) is 55.1 Å². The molecule has 0 aliphatic carbocycles. The fourth-order valence-corrected chi connectivity index (χ4v) is 10.4. The zero-order chi connectivity index (χ0) is 55.7. The molecule has 0 radical (unpaired) electrons. The molecule has 3 fully saturated rings. The van der Waals surface area contributed by atoms with Crippen LogP contribution in [0.15, 0.2) is 138 Å². The van der Waals surface area contributed by atoms with Crippen LogP contribution in [0.1, 0.15) is 119 Å². The lowest BCUT2D eigenvalue weighted by Gasteiger charge is -2.32. The molecule has 2 amide bonds. The molecule has 3 aliphatic heterocycles. The maximum Gasteiger partial charge on any atom is 0.495 e. The summed E-state index contributed by atoms with van der Waals surface area (Å²) >= 11 is 3.33. The third-order valence-corrected chi connectivity index (χ3v) is 15.0. The molecule has 0 spiro atoms. The van der Waals surface area contributed by atoms with Crippen LogP contribution < -0.4 is 5.46 Å². The van der Waals surface area contributed by atoms with Gasteiger partial charge in [-0.25, -0.2) is 19.6 Å². The molecule has 4 N–H and O–H groups in total. The summed E-state index contributed by atoms with van der Waals surface area (Å²) in [7, 11) is -0.390. The van der Waals surface area contributed by atoms with Gasteiger partial charge in [-0.2, -0.15) is 0 Å². The zero-order valence-electron chi connectivity index (χ0n) is 46.2. The van der Waals surface area contributed by atoms with Crippen LogP contribution in [0.2, 0.25) is 0 Å². The van der Waals surface area contributed by atoms with E-state index in [1.807, 2.05) is 96.3 Å². The van der Waals surface area contributed by atoms with Crippen molar-refractivity contribution in [3.63, 3.8) is 0 Å². The summed E-state index contributed by atoms with van der Waals surface area (Å²) in [6.07, 6.45) is 6.66. The van der Waals surface area contributed by atoms with Crippen molar-refractivity contribution in [2.45, 2.75) is 129 Å². The van der Waals surface area contributed by atoms with E-state index in [2.05, 4.69) is 112 Å². The summed E-state index contributed by atoms with van der Waals surface area (Å²) in [6, 6.07) is 39.4. The van der Waals surface area contributed by atoms with E-state index in [0.717, 1.165) is 109 Å². The maximum absolute atomic E-state index is 12.7. The Balaban J connectivity index is 0.000000149. The minimum absolute atomic E-state index is 0.00819. The highest BCUT2D eigenvalue weighted by atomic mass is 79.9. The number of carbonyl (C=O) groups excluding carboxylic acids is 2. The number of aromatic nitrogens is 4. The Bertz CT molecular complexity index is 3400. The van der Waals surface area contributed by atoms with Crippen LogP contribution in [0.4, 0.5) is 9.59 Å². The van der Waals surface area contributed by atoms with Crippen LogP contribution in [0, 0.1) is 0 Å². The lowest BCUT2D eigenvalue weighted by atomic mass is 9.75. The highest BCUT2D eigenvalue weighted by Crippen LogP contribution is 2.40. The van der Waals surface area contributed by atoms with Gasteiger partial charge in [0.1, 0.15) is 39.0 Å². The Morgan fingerprint density at radius 1 is 0.590 bits per heavy atom. The number of H-pyrrole nitrogens is 2. The number of hydrogen-bond acceptors (Lipinski definition) is 10. The number of benzene rings is 6. The number of aromatic amines is 2. The van der Waals surface area contributed by atoms with Crippen molar-refractivity contribution >= 4 is 62.2 Å². The van der Waals surface area contributed by atoms with Crippen LogP contribution >= 0.6 is 15.9 Å². The first-order chi connectivity index (χ1) is 36.9. The summed E-state index contributed by atoms with van der Waals surface area (Å²) < 4.78 is 24.4. The Morgan fingerprint density at radius 2 is 1.00 bits per heavy atom. The fourth-order valence-electron chi connectivity index (χ4n) is 10.1. The topological polar surface area (TPSA) is 175 Å². The Labute approximate surface area is 465 Å². The van der Waals surface area contributed by atoms with Gasteiger partial charge in [0.05, 0.1) is 41.4 Å². The second kappa shape index (κ2) is 22.3. The van der Waals surface area contributed by atoms with Gasteiger partial charge in [-0.15, -0.1) is 0 Å². The van der Waals surface area contributed by atoms with Crippen LogP contribution in [0.5, 0.6) is 11.5 Å². The molecular formula is C62H70BBrN6O8. The number of hydrogen-bond donors (Lipinski definition) is 4. The predicted octanol–water partition coefficient (Wildman–Crippen LogP) is 14.4. The van der Waals surface area contributed by atoms with Crippen LogP contribution in [0.3, 0.4) is 0 Å². The van der Waals surface area contributed by atoms with E-state index in [-0.39, 0.29) is 47.0 Å². The highest BCUT2D eigenvalue weighted by molar-refractivity contribution is 9.10. The molecule has 0 unspecified atom stereocenters. The second-order valence-electron chi connectivity index (χ2n) is 23.1. The van der Waals surface area contributed by atoms with Gasteiger partial charge in [-0.1, -0.05) is 97.1 Å². The van der Waals surface area contributed by atoms with E-state index in [0.29, 0.717) is 6.54 Å². The number of rotatable bonds is 6. The van der Waals surface area contributed by atoms with Crippen molar-refractivity contribution in [2.24, 2.45) is 0 Å². The lowest BCUT2D eigenvalue weighted by Crippen LogP contribution is -2.41. The molecule has 16 heteroatoms. The Morgan fingerprint density at radius 3 is 1.46 bits per heavy atom. The van der Waals surface area contributed by atoms with E-state index in [9.17, 15) is 19.8 Å². The molecule has 14 nitrogen and oxygen atoms in total. The van der Waals surface area contributed by atoms with Gasteiger partial charge in [0, 0.05) is 18.7 Å². The Kier molecular flexibility index (Phi) is 15.9. The molecule has 0 saturated carbocycles. The summed E-state index contributed by atoms with van der Waals surface area (Å²) in [5.41, 5.74) is 5.63. The first-order valence-electron chi connectivity index (χ1n) is 26.7. The van der Waals surface area contributed by atoms with Crippen molar-refractivity contribution in [3.05, 3.63) is 150 Å². The molecule has 5 heterocycles. The van der Waals surface area contributed by atoms with Crippen molar-refractivity contribution in [1.29, 1.82) is 0 Å². The molecule has 6 aromatic carbocycles. The monoisotopic (exact) mass is 1120 g/mol. The number of imidazole rings is 2. The zero-order valence-corrected chi connectivity index (χ0v) is 47.8. The van der Waals surface area contributed by atoms with Crippen molar-refractivity contribution in [2.75, 3.05) is 13.1 Å². The van der Waals surface area contributed by atoms with E-state index < -0.39 is 18.3 Å². The normalized spacial score (nSPS) is 17.9. The SMILES string of the molecule is CC(C)(C)OC(=O)N1CCC[C@H]1c1ncc(-c2ccc(-c3ccc(O)cc3)c3ccccc23)[nH]1.CC(C)(C)OC(=O)N1CCC[C@H]1c1ncc(Br)[nH]1.CC1(C)OB(c2ccc(-c3ccc(O)cc3)c3ccccc23)OC1(C)C. The van der Waals surface area contributed by atoms with Gasteiger partial charge in [-0.05, 0) is 184 Å². The van der Waals surface area contributed by atoms with Crippen molar-refractivity contribution in [3.8, 4) is 45.0 Å². The molecular weight excluding hydrogens is 1050 g/mol. The maximum atomic E-state index is 12.7. The number of phenols is 2. The van der Waals surface area contributed by atoms with Gasteiger partial charge in [-0.3, -0.25) is 9.80 Å². The lowest BCUT2D eigenvalue weighted by molar-refractivity contribution is 0.00578. The van der Waals surface area contributed by atoms with Crippen molar-refractivity contribution < 1.29 is 38.6 Å². The molecule has 3 aliphatic rings. The van der Waals surface area contributed by atoms with E-state index in [1.165, 1.54) is 0 Å². The van der Waals surface area contributed by atoms with Gasteiger partial charge in [0.2, 0.25) is 0 Å². The molecule has 3 saturated heterocycles. The second-order valence-corrected chi connectivity index (χ2v) is 24.0. The quantitative estimate of drug-likeness (QED) is 0.117. The molecule has 78 heavy (non-hydrogen) atoms. The van der Waals surface area contributed by atoms with Gasteiger partial charge < -0.3 is 39.0 Å². The largest absolute Gasteiger partial charge is 0.508 e. The van der Waals surface area contributed by atoms with Crippen molar-refractivity contribution in [1.82, 2.24) is 29.7 Å². The summed E-state index contributed by atoms with van der Waals surface area (Å²) in [4.78, 5) is 43.9. The van der Waals surface area contributed by atoms with Gasteiger partial charge in [0.25, 0.3) is 0 Å². The average Bonchev–Trinajstić information content (AvgIpc) is 4.35. The summed E-state index contributed by atoms with van der Waals surface area (Å²) in [5, 5.41) is 23.7. The number of amides is 2. The third kappa shape index (κ3) is 12.4. The Hall–Kier alpha value is -7.14. The number of nitrogens with one attached hydrogen (secondary N) is 2. The number of aromatic hydroxyl groups is 2. The molecule has 2 atom stereocenters. The number of ether oxygens (including phenoxy) is 2. The molecule has 11 rings (SSSR count). The fraction of sp³-hybridized carbons (Fsp3) is 0.355. The number of likely N-dealkylation sites (tertiary alicyclic amines) is 2. The minimum atomic E-state index is -0.531. The smallest absolute Gasteiger partial charge is 0.495 e. The van der Waals surface area contributed by atoms with E-state index >= 15 is 0 Å². The minimum Gasteiger partial charge on any atom is -0.508 e. The summed E-state index contributed by atoms with van der Waals surface area (Å²) in [5.74, 6) is 2.11. The van der Waals surface area contributed by atoms with Gasteiger partial charge >= 0.3 is 19.3 Å². The number of halogens is 1. The third-order valence-electron chi connectivity index (χ3n) is 14.6.